The van der Waals surface area contributed by atoms with Crippen molar-refractivity contribution in [1.82, 2.24) is 0 Å². The SMILES string of the molecule is CCO[Si](OCC)(OCC)c1ccc(O[Si](C)(C)C)cc1. The predicted octanol–water partition coefficient (Wildman–Crippen LogP) is 3.16. The lowest BCUT2D eigenvalue weighted by molar-refractivity contribution is 0.0859. The molecule has 0 atom stereocenters. The predicted molar refractivity (Wildman–Crippen MR) is 90.7 cm³/mol. The quantitative estimate of drug-likeness (QED) is 0.653. The van der Waals surface area contributed by atoms with E-state index in [2.05, 4.69) is 19.6 Å². The van der Waals surface area contributed by atoms with Crippen LogP contribution in [0.25, 0.3) is 0 Å². The molecule has 21 heavy (non-hydrogen) atoms. The zero-order valence-electron chi connectivity index (χ0n) is 14.1. The molecular weight excluding hydrogens is 300 g/mol. The summed E-state index contributed by atoms with van der Waals surface area (Å²) in [5.41, 5.74) is 0. The number of hydrogen-bond acceptors (Lipinski definition) is 4. The van der Waals surface area contributed by atoms with Crippen molar-refractivity contribution in [1.29, 1.82) is 0 Å². The van der Waals surface area contributed by atoms with Crippen molar-refractivity contribution in [2.75, 3.05) is 19.8 Å². The second-order valence-electron chi connectivity index (χ2n) is 5.59. The Morgan fingerprint density at radius 2 is 1.19 bits per heavy atom. The molecule has 0 heterocycles. The van der Waals surface area contributed by atoms with Gasteiger partial charge in [0.2, 0.25) is 8.32 Å². The van der Waals surface area contributed by atoms with Crippen LogP contribution < -0.4 is 9.61 Å². The van der Waals surface area contributed by atoms with Crippen LogP contribution in [0.2, 0.25) is 19.6 Å². The summed E-state index contributed by atoms with van der Waals surface area (Å²) in [5.74, 6) is 0.894. The highest BCUT2D eigenvalue weighted by Crippen LogP contribution is 2.17. The fraction of sp³-hybridized carbons (Fsp3) is 0.600. The molecule has 0 aliphatic rings. The smallest absolute Gasteiger partial charge is 0.537 e. The molecule has 1 aromatic carbocycles. The molecule has 0 fully saturated rings. The van der Waals surface area contributed by atoms with Gasteiger partial charge in [-0.1, -0.05) is 12.1 Å². The van der Waals surface area contributed by atoms with Gasteiger partial charge in [-0.3, -0.25) is 0 Å². The average Bonchev–Trinajstić information content (AvgIpc) is 2.38. The maximum Gasteiger partial charge on any atom is 0.537 e. The van der Waals surface area contributed by atoms with Crippen molar-refractivity contribution in [3.63, 3.8) is 0 Å². The van der Waals surface area contributed by atoms with Gasteiger partial charge in [0.05, 0.1) is 0 Å². The van der Waals surface area contributed by atoms with Crippen molar-refractivity contribution in [3.8, 4) is 5.75 Å². The fourth-order valence-electron chi connectivity index (χ4n) is 2.03. The highest BCUT2D eigenvalue weighted by Gasteiger charge is 2.43. The van der Waals surface area contributed by atoms with Crippen LogP contribution in [0.3, 0.4) is 0 Å². The van der Waals surface area contributed by atoms with E-state index in [1.54, 1.807) is 0 Å². The van der Waals surface area contributed by atoms with Crippen molar-refractivity contribution < 1.29 is 17.7 Å². The lowest BCUT2D eigenvalue weighted by Crippen LogP contribution is -2.56. The van der Waals surface area contributed by atoms with Gasteiger partial charge in [-0.05, 0) is 52.5 Å². The minimum absolute atomic E-state index is 0.569. The zero-order valence-corrected chi connectivity index (χ0v) is 16.1. The number of hydrogen-bond donors (Lipinski definition) is 0. The fourth-order valence-corrected chi connectivity index (χ4v) is 5.33. The van der Waals surface area contributed by atoms with Gasteiger partial charge in [0.15, 0.2) is 0 Å². The minimum Gasteiger partial charge on any atom is -0.544 e. The largest absolute Gasteiger partial charge is 0.544 e. The highest BCUT2D eigenvalue weighted by molar-refractivity contribution is 6.75. The van der Waals surface area contributed by atoms with E-state index < -0.39 is 17.1 Å². The van der Waals surface area contributed by atoms with Crippen LogP contribution in [0.15, 0.2) is 24.3 Å². The number of benzene rings is 1. The molecule has 0 aromatic heterocycles. The Hall–Kier alpha value is -0.666. The molecule has 1 aromatic rings. The van der Waals surface area contributed by atoms with E-state index in [9.17, 15) is 0 Å². The molecule has 4 nitrogen and oxygen atoms in total. The lowest BCUT2D eigenvalue weighted by Gasteiger charge is -2.29. The molecule has 6 heteroatoms. The molecule has 0 aliphatic heterocycles. The van der Waals surface area contributed by atoms with Gasteiger partial charge in [-0.2, -0.15) is 0 Å². The van der Waals surface area contributed by atoms with E-state index in [1.165, 1.54) is 0 Å². The van der Waals surface area contributed by atoms with Crippen molar-refractivity contribution in [2.24, 2.45) is 0 Å². The van der Waals surface area contributed by atoms with Crippen molar-refractivity contribution >= 4 is 22.3 Å². The van der Waals surface area contributed by atoms with Gasteiger partial charge in [-0.25, -0.2) is 0 Å². The molecule has 0 aliphatic carbocycles. The summed E-state index contributed by atoms with van der Waals surface area (Å²) in [6.45, 7) is 14.1. The van der Waals surface area contributed by atoms with Gasteiger partial charge in [-0.15, -0.1) is 0 Å². The molecule has 0 radical (unpaired) electrons. The van der Waals surface area contributed by atoms with Gasteiger partial charge < -0.3 is 17.7 Å². The van der Waals surface area contributed by atoms with Crippen LogP contribution >= 0.6 is 0 Å². The van der Waals surface area contributed by atoms with E-state index in [1.807, 2.05) is 45.0 Å². The van der Waals surface area contributed by atoms with Crippen LogP contribution in [-0.4, -0.2) is 36.9 Å². The minimum atomic E-state index is -2.80. The highest BCUT2D eigenvalue weighted by atomic mass is 28.4. The Morgan fingerprint density at radius 1 is 0.762 bits per heavy atom. The molecule has 0 saturated heterocycles. The summed E-state index contributed by atoms with van der Waals surface area (Å²) >= 11 is 0. The lowest BCUT2D eigenvalue weighted by atomic mass is 10.3. The summed E-state index contributed by atoms with van der Waals surface area (Å²) in [5, 5.41) is 0.982. The average molecular weight is 329 g/mol. The maximum absolute atomic E-state index is 5.98. The first-order valence-corrected chi connectivity index (χ1v) is 12.7. The number of rotatable bonds is 9. The second-order valence-corrected chi connectivity index (χ2v) is 12.6. The van der Waals surface area contributed by atoms with Crippen molar-refractivity contribution in [2.45, 2.75) is 40.4 Å². The molecular formula is C15H28O4Si2. The Morgan fingerprint density at radius 3 is 1.52 bits per heavy atom. The van der Waals surface area contributed by atoms with Crippen LogP contribution in [0.4, 0.5) is 0 Å². The normalized spacial score (nSPS) is 12.5. The monoisotopic (exact) mass is 328 g/mol. The second kappa shape index (κ2) is 8.09. The first-order chi connectivity index (χ1) is 9.87. The maximum atomic E-state index is 5.98. The van der Waals surface area contributed by atoms with Gasteiger partial charge >= 0.3 is 8.80 Å². The summed E-state index contributed by atoms with van der Waals surface area (Å²) < 4.78 is 23.7. The molecule has 0 saturated carbocycles. The zero-order chi connectivity index (χ0) is 15.9. The van der Waals surface area contributed by atoms with Gasteiger partial charge in [0.1, 0.15) is 5.75 Å². The molecule has 120 valence electrons. The van der Waals surface area contributed by atoms with Gasteiger partial charge in [0, 0.05) is 25.0 Å². The first kappa shape index (κ1) is 18.4. The third-order valence-corrected chi connectivity index (χ3v) is 6.53. The Kier molecular flexibility index (Phi) is 7.09. The first-order valence-electron chi connectivity index (χ1n) is 7.58. The van der Waals surface area contributed by atoms with E-state index in [0.717, 1.165) is 10.9 Å². The van der Waals surface area contributed by atoms with Crippen LogP contribution in [0.5, 0.6) is 5.75 Å². The van der Waals surface area contributed by atoms with Crippen molar-refractivity contribution in [3.05, 3.63) is 24.3 Å². The van der Waals surface area contributed by atoms with Gasteiger partial charge in [0.25, 0.3) is 0 Å². The topological polar surface area (TPSA) is 36.9 Å². The summed E-state index contributed by atoms with van der Waals surface area (Å²) in [7, 11) is -4.39. The molecule has 0 bridgehead atoms. The third kappa shape index (κ3) is 5.56. The summed E-state index contributed by atoms with van der Waals surface area (Å²) in [6.07, 6.45) is 0. The third-order valence-electron chi connectivity index (χ3n) is 2.63. The van der Waals surface area contributed by atoms with Crippen LogP contribution in [-0.2, 0) is 13.3 Å². The molecule has 0 amide bonds. The Bertz CT molecular complexity index is 398. The Labute approximate surface area is 130 Å². The molecule has 0 spiro atoms. The van der Waals surface area contributed by atoms with E-state index in [0.29, 0.717) is 19.8 Å². The molecule has 1 rings (SSSR count). The molecule has 0 unspecified atom stereocenters. The Balaban J connectivity index is 3.02. The van der Waals surface area contributed by atoms with Crippen LogP contribution in [0.1, 0.15) is 20.8 Å². The van der Waals surface area contributed by atoms with E-state index in [-0.39, 0.29) is 0 Å². The molecule has 0 N–H and O–H groups in total. The summed E-state index contributed by atoms with van der Waals surface area (Å²) in [4.78, 5) is 0. The van der Waals surface area contributed by atoms with Crippen LogP contribution in [0, 0.1) is 0 Å². The van der Waals surface area contributed by atoms with E-state index in [4.69, 9.17) is 17.7 Å². The standard InChI is InChI=1S/C15H28O4Si2/c1-7-16-21(17-8-2,18-9-3)15-12-10-14(11-13-15)19-20(4,5)6/h10-13H,7-9H2,1-6H3. The summed E-state index contributed by atoms with van der Waals surface area (Å²) in [6, 6.07) is 7.96. The van der Waals surface area contributed by atoms with E-state index >= 15 is 0 Å².